The number of hydrogen-bond donors (Lipinski definition) is 3. The van der Waals surface area contributed by atoms with Gasteiger partial charge in [-0.15, -0.1) is 0 Å². The van der Waals surface area contributed by atoms with Gasteiger partial charge < -0.3 is 26.0 Å². The van der Waals surface area contributed by atoms with Crippen molar-refractivity contribution in [1.29, 1.82) is 0 Å². The summed E-state index contributed by atoms with van der Waals surface area (Å²) in [7, 11) is 2.09. The predicted molar refractivity (Wildman–Crippen MR) is 137 cm³/mol. The van der Waals surface area contributed by atoms with Gasteiger partial charge >= 0.3 is 0 Å². The molecule has 0 spiro atoms. The zero-order valence-electron chi connectivity index (χ0n) is 20.7. The first-order valence-electron chi connectivity index (χ1n) is 11.9. The summed E-state index contributed by atoms with van der Waals surface area (Å²) in [4.78, 5) is 34.8. The van der Waals surface area contributed by atoms with Crippen LogP contribution in [0.25, 0.3) is 0 Å². The van der Waals surface area contributed by atoms with Crippen LogP contribution in [-0.2, 0) is 11.2 Å². The summed E-state index contributed by atoms with van der Waals surface area (Å²) in [6.07, 6.45) is 6.86. The van der Waals surface area contributed by atoms with Crippen LogP contribution in [0.5, 0.6) is 11.6 Å². The van der Waals surface area contributed by atoms with Crippen LogP contribution >= 0.6 is 0 Å². The third-order valence-electron chi connectivity index (χ3n) is 6.02. The van der Waals surface area contributed by atoms with Crippen molar-refractivity contribution in [3.63, 3.8) is 0 Å². The molecule has 1 fully saturated rings. The van der Waals surface area contributed by atoms with E-state index in [9.17, 15) is 14.0 Å². The smallest absolute Gasteiger partial charge is 0.271 e. The highest BCUT2D eigenvalue weighted by atomic mass is 19.1. The fraction of sp³-hybridized carbons (Fsp3) is 0.320. The number of primary amides is 1. The van der Waals surface area contributed by atoms with Gasteiger partial charge in [-0.3, -0.25) is 14.3 Å². The average molecular weight is 509 g/mol. The molecule has 0 unspecified atom stereocenters. The lowest BCUT2D eigenvalue weighted by Crippen LogP contribution is -2.31. The summed E-state index contributed by atoms with van der Waals surface area (Å²) in [5.41, 5.74) is 6.70. The molecule has 0 saturated carbocycles. The second-order valence-electron chi connectivity index (χ2n) is 8.70. The molecule has 3 heterocycles. The van der Waals surface area contributed by atoms with E-state index in [4.69, 9.17) is 10.5 Å². The molecule has 0 radical (unpaired) electrons. The van der Waals surface area contributed by atoms with Gasteiger partial charge in [0.15, 0.2) is 23.1 Å². The molecule has 4 N–H and O–H groups in total. The molecule has 2 aromatic heterocycles. The first kappa shape index (κ1) is 25.8. The van der Waals surface area contributed by atoms with E-state index in [1.165, 1.54) is 12.1 Å². The Morgan fingerprint density at radius 1 is 1.27 bits per heavy atom. The Labute approximate surface area is 213 Å². The molecule has 194 valence electrons. The number of nitrogens with one attached hydrogen (secondary N) is 2. The minimum absolute atomic E-state index is 0.0104. The average Bonchev–Trinajstić information content (AvgIpc) is 3.34. The highest BCUT2D eigenvalue weighted by molar-refractivity contribution is 5.99. The maximum absolute atomic E-state index is 14.6. The number of hydrogen-bond acceptors (Lipinski definition) is 8. The highest BCUT2D eigenvalue weighted by Crippen LogP contribution is 2.31. The molecular weight excluding hydrogens is 479 g/mol. The Balaban J connectivity index is 1.63. The number of aromatic nitrogens is 4. The SMILES string of the molecule is C=CC(=O)Nc1ccc(F)c(Oc2nc(Nc3cnn(C4CCN(C)CC4)c3)c(C(N)=O)nc2CC)c1. The Bertz CT molecular complexity index is 1320. The molecule has 1 aliphatic heterocycles. The number of halogens is 1. The van der Waals surface area contributed by atoms with Crippen molar-refractivity contribution in [2.24, 2.45) is 5.73 Å². The van der Waals surface area contributed by atoms with Gasteiger partial charge in [-0.2, -0.15) is 10.1 Å². The van der Waals surface area contributed by atoms with Gasteiger partial charge in [-0.1, -0.05) is 13.5 Å². The Hall–Kier alpha value is -4.32. The van der Waals surface area contributed by atoms with Gasteiger partial charge in [0.05, 0.1) is 17.9 Å². The van der Waals surface area contributed by atoms with Gasteiger partial charge in [0.1, 0.15) is 5.69 Å². The molecule has 1 aromatic carbocycles. The highest BCUT2D eigenvalue weighted by Gasteiger charge is 2.22. The van der Waals surface area contributed by atoms with Crippen LogP contribution in [0.1, 0.15) is 42.0 Å². The summed E-state index contributed by atoms with van der Waals surface area (Å²) in [6.45, 7) is 7.16. The number of likely N-dealkylation sites (tertiary alicyclic amines) is 1. The molecule has 1 aliphatic rings. The minimum atomic E-state index is -0.778. The maximum Gasteiger partial charge on any atom is 0.271 e. The quantitative estimate of drug-likeness (QED) is 0.374. The molecule has 2 amide bonds. The van der Waals surface area contributed by atoms with E-state index in [1.54, 1.807) is 13.1 Å². The standard InChI is InChI=1S/C25H29FN8O3/c1-4-19-25(37-20-12-15(6-7-18(20)26)29-21(35)5-2)32-24(22(31-19)23(27)36)30-16-13-28-34(14-16)17-8-10-33(3)11-9-17/h5-7,12-14,17H,2,4,8-11H2,1,3H3,(H2,27,36)(H,29,35)(H,30,32). The van der Waals surface area contributed by atoms with Gasteiger partial charge in [0.2, 0.25) is 11.8 Å². The number of ether oxygens (including phenoxy) is 1. The lowest BCUT2D eigenvalue weighted by atomic mass is 10.1. The van der Waals surface area contributed by atoms with E-state index >= 15 is 0 Å². The first-order valence-corrected chi connectivity index (χ1v) is 11.9. The molecular formula is C25H29FN8O3. The van der Waals surface area contributed by atoms with Crippen molar-refractivity contribution in [1.82, 2.24) is 24.6 Å². The van der Waals surface area contributed by atoms with E-state index in [2.05, 4.69) is 44.2 Å². The molecule has 4 rings (SSSR count). The zero-order valence-corrected chi connectivity index (χ0v) is 20.7. The monoisotopic (exact) mass is 508 g/mol. The Morgan fingerprint density at radius 2 is 2.03 bits per heavy atom. The van der Waals surface area contributed by atoms with Crippen molar-refractivity contribution in [2.75, 3.05) is 30.8 Å². The zero-order chi connectivity index (χ0) is 26.5. The molecule has 11 nitrogen and oxygen atoms in total. The summed E-state index contributed by atoms with van der Waals surface area (Å²) < 4.78 is 22.2. The van der Waals surface area contributed by atoms with Crippen LogP contribution in [0.15, 0.2) is 43.2 Å². The molecule has 37 heavy (non-hydrogen) atoms. The fourth-order valence-corrected chi connectivity index (χ4v) is 3.98. The van der Waals surface area contributed by atoms with Gasteiger partial charge in [-0.05, 0) is 57.6 Å². The van der Waals surface area contributed by atoms with Crippen LogP contribution in [0.2, 0.25) is 0 Å². The number of carbonyl (C=O) groups is 2. The summed E-state index contributed by atoms with van der Waals surface area (Å²) >= 11 is 0. The lowest BCUT2D eigenvalue weighted by molar-refractivity contribution is -0.111. The van der Waals surface area contributed by atoms with E-state index in [0.29, 0.717) is 23.5 Å². The normalized spacial score (nSPS) is 14.2. The van der Waals surface area contributed by atoms with Crippen LogP contribution in [0, 0.1) is 5.82 Å². The third-order valence-corrected chi connectivity index (χ3v) is 6.02. The van der Waals surface area contributed by atoms with E-state index in [1.807, 2.05) is 10.9 Å². The number of amides is 2. The number of nitrogens with two attached hydrogens (primary N) is 1. The van der Waals surface area contributed by atoms with Crippen molar-refractivity contribution in [2.45, 2.75) is 32.2 Å². The minimum Gasteiger partial charge on any atom is -0.434 e. The van der Waals surface area contributed by atoms with E-state index in [-0.39, 0.29) is 29.2 Å². The van der Waals surface area contributed by atoms with Gasteiger partial charge in [0.25, 0.3) is 5.91 Å². The third kappa shape index (κ3) is 6.09. The Kier molecular flexibility index (Phi) is 7.77. The summed E-state index contributed by atoms with van der Waals surface area (Å²) in [5.74, 6) is -2.04. The molecule has 0 aliphatic carbocycles. The molecule has 1 saturated heterocycles. The number of anilines is 3. The fourth-order valence-electron chi connectivity index (χ4n) is 3.98. The first-order chi connectivity index (χ1) is 17.8. The largest absolute Gasteiger partial charge is 0.434 e. The van der Waals surface area contributed by atoms with Gasteiger partial charge in [0, 0.05) is 18.0 Å². The van der Waals surface area contributed by atoms with Crippen molar-refractivity contribution in [3.05, 3.63) is 60.5 Å². The number of rotatable bonds is 9. The second kappa shape index (κ2) is 11.2. The Morgan fingerprint density at radius 3 is 2.70 bits per heavy atom. The number of nitrogens with zero attached hydrogens (tertiary/aromatic N) is 5. The van der Waals surface area contributed by atoms with Crippen LogP contribution in [0.3, 0.4) is 0 Å². The topological polar surface area (TPSA) is 140 Å². The lowest BCUT2D eigenvalue weighted by Gasteiger charge is -2.28. The van der Waals surface area contributed by atoms with Crippen molar-refractivity contribution >= 4 is 29.0 Å². The maximum atomic E-state index is 14.6. The molecule has 12 heteroatoms. The second-order valence-corrected chi connectivity index (χ2v) is 8.70. The number of benzene rings is 1. The molecule has 3 aromatic rings. The molecule has 0 atom stereocenters. The predicted octanol–water partition coefficient (Wildman–Crippen LogP) is 3.40. The number of piperidine rings is 1. The summed E-state index contributed by atoms with van der Waals surface area (Å²) in [5, 5.41) is 10.1. The number of carbonyl (C=O) groups excluding carboxylic acids is 2. The molecule has 0 bridgehead atoms. The number of aryl methyl sites for hydroxylation is 1. The van der Waals surface area contributed by atoms with Gasteiger partial charge in [-0.25, -0.2) is 9.37 Å². The van der Waals surface area contributed by atoms with Crippen LogP contribution < -0.4 is 21.1 Å². The van der Waals surface area contributed by atoms with Crippen LogP contribution in [0.4, 0.5) is 21.6 Å². The van der Waals surface area contributed by atoms with Crippen molar-refractivity contribution < 1.29 is 18.7 Å². The van der Waals surface area contributed by atoms with Crippen molar-refractivity contribution in [3.8, 4) is 11.6 Å². The van der Waals surface area contributed by atoms with E-state index < -0.39 is 17.6 Å². The van der Waals surface area contributed by atoms with E-state index in [0.717, 1.165) is 38.1 Å². The summed E-state index contributed by atoms with van der Waals surface area (Å²) in [6, 6.07) is 4.13. The van der Waals surface area contributed by atoms with Crippen LogP contribution in [-0.4, -0.2) is 56.6 Å².